The molecule has 1 atom stereocenters. The number of carbonyl (C=O) groups is 3. The molecule has 0 bridgehead atoms. The first-order valence-corrected chi connectivity index (χ1v) is 11.9. The number of nitrogens with zero attached hydrogens (tertiary/aromatic N) is 2. The van der Waals surface area contributed by atoms with Crippen LogP contribution in [0, 0.1) is 0 Å². The molecule has 1 aliphatic rings. The van der Waals surface area contributed by atoms with Crippen LogP contribution in [0.3, 0.4) is 0 Å². The fraction of sp³-hybridized carbons (Fsp3) is 0.286. The Hall–Kier alpha value is -2.62. The molecule has 11 heteroatoms. The molecule has 3 amide bonds. The highest BCUT2D eigenvalue weighted by atomic mass is 35.5. The number of hydrogen-bond donors (Lipinski definition) is 1. The molecule has 0 aliphatic carbocycles. The first-order valence-electron chi connectivity index (χ1n) is 9.75. The number of halogens is 2. The number of likely N-dealkylation sites (N-methyl/N-ethyl adjacent to an activating group) is 1. The summed E-state index contributed by atoms with van der Waals surface area (Å²) in [6, 6.07) is 9.59. The highest BCUT2D eigenvalue weighted by molar-refractivity contribution is 7.90. The summed E-state index contributed by atoms with van der Waals surface area (Å²) in [7, 11) is -4.17. The lowest BCUT2D eigenvalue weighted by molar-refractivity contribution is -0.140. The molecule has 1 N–H and O–H groups in total. The minimum Gasteiger partial charge on any atom is -0.355 e. The molecular formula is C21H21Cl2N3O5S. The fourth-order valence-electron chi connectivity index (χ4n) is 3.34. The number of rotatable bonds is 7. The van der Waals surface area contributed by atoms with Crippen molar-refractivity contribution in [1.29, 1.82) is 0 Å². The average molecular weight is 498 g/mol. The third kappa shape index (κ3) is 4.60. The zero-order chi connectivity index (χ0) is 23.6. The van der Waals surface area contributed by atoms with Crippen LogP contribution >= 0.6 is 23.2 Å². The zero-order valence-corrected chi connectivity index (χ0v) is 19.7. The minimum absolute atomic E-state index is 0.00751. The summed E-state index contributed by atoms with van der Waals surface area (Å²) in [5.74, 6) is -1.91. The Morgan fingerprint density at radius 1 is 1.12 bits per heavy atom. The summed E-state index contributed by atoms with van der Waals surface area (Å²) in [6.07, 6.45) is 0. The maximum absolute atomic E-state index is 13.2. The van der Waals surface area contributed by atoms with E-state index in [0.29, 0.717) is 21.4 Å². The largest absolute Gasteiger partial charge is 0.355 e. The molecule has 8 nitrogen and oxygen atoms in total. The number of nitrogens with one attached hydrogen (secondary N) is 1. The Balaban J connectivity index is 1.90. The third-order valence-electron chi connectivity index (χ3n) is 5.05. The second kappa shape index (κ2) is 9.48. The van der Waals surface area contributed by atoms with Crippen molar-refractivity contribution in [3.05, 3.63) is 63.6 Å². The van der Waals surface area contributed by atoms with Crippen molar-refractivity contribution in [3.63, 3.8) is 0 Å². The van der Waals surface area contributed by atoms with Crippen molar-refractivity contribution < 1.29 is 22.8 Å². The number of carbonyl (C=O) groups excluding carboxylic acids is 3. The molecule has 3 rings (SSSR count). The Kier molecular flexibility index (Phi) is 7.12. The quantitative estimate of drug-likeness (QED) is 0.633. The summed E-state index contributed by atoms with van der Waals surface area (Å²) in [5, 5.41) is 3.24. The Morgan fingerprint density at radius 2 is 1.81 bits per heavy atom. The summed E-state index contributed by atoms with van der Waals surface area (Å²) < 4.78 is 26.2. The van der Waals surface area contributed by atoms with E-state index >= 15 is 0 Å². The van der Waals surface area contributed by atoms with Gasteiger partial charge in [0.1, 0.15) is 17.5 Å². The number of benzene rings is 2. The van der Waals surface area contributed by atoms with Gasteiger partial charge in [-0.3, -0.25) is 14.4 Å². The number of fused-ring (bicyclic) bond motifs is 1. The van der Waals surface area contributed by atoms with Gasteiger partial charge in [0.25, 0.3) is 15.9 Å². The standard InChI is InChI=1S/C21H21Cl2N3O5S/c1-3-24-20(28)13(2)25(11-14-8-9-16(22)17(23)10-14)19(27)12-26-21(29)15-6-4-5-7-18(15)32(26,30)31/h4-10,13H,3,11-12H2,1-2H3,(H,24,28)/t13-/m0/s1. The Morgan fingerprint density at radius 3 is 2.44 bits per heavy atom. The predicted octanol–water partition coefficient (Wildman–Crippen LogP) is 2.69. The normalized spacial score (nSPS) is 15.2. The molecule has 0 spiro atoms. The van der Waals surface area contributed by atoms with Gasteiger partial charge in [-0.15, -0.1) is 0 Å². The van der Waals surface area contributed by atoms with Crippen molar-refractivity contribution in [2.24, 2.45) is 0 Å². The van der Waals surface area contributed by atoms with Gasteiger partial charge < -0.3 is 10.2 Å². The molecule has 1 heterocycles. The third-order valence-corrected chi connectivity index (χ3v) is 7.57. The second-order valence-electron chi connectivity index (χ2n) is 7.15. The minimum atomic E-state index is -4.17. The second-order valence-corrected chi connectivity index (χ2v) is 9.80. The topological polar surface area (TPSA) is 104 Å². The molecule has 0 aromatic heterocycles. The van der Waals surface area contributed by atoms with Gasteiger partial charge in [0, 0.05) is 13.1 Å². The molecule has 2 aromatic rings. The Bertz CT molecular complexity index is 1190. The van der Waals surface area contributed by atoms with Gasteiger partial charge in [0.15, 0.2) is 0 Å². The van der Waals surface area contributed by atoms with E-state index in [1.54, 1.807) is 31.2 Å². The molecular weight excluding hydrogens is 477 g/mol. The van der Waals surface area contributed by atoms with Crippen LogP contribution in [-0.2, 0) is 26.2 Å². The van der Waals surface area contributed by atoms with Gasteiger partial charge in [-0.1, -0.05) is 41.4 Å². The summed E-state index contributed by atoms with van der Waals surface area (Å²) in [5.41, 5.74) is 0.593. The maximum atomic E-state index is 13.2. The highest BCUT2D eigenvalue weighted by Crippen LogP contribution is 2.30. The number of hydrogen-bond acceptors (Lipinski definition) is 5. The fourth-order valence-corrected chi connectivity index (χ4v) is 5.18. The molecule has 0 unspecified atom stereocenters. The summed E-state index contributed by atoms with van der Waals surface area (Å²) >= 11 is 12.0. The SMILES string of the molecule is CCNC(=O)[C@H](C)N(Cc1ccc(Cl)c(Cl)c1)C(=O)CN1C(=O)c2ccccc2S1(=O)=O. The van der Waals surface area contributed by atoms with Crippen LogP contribution < -0.4 is 5.32 Å². The molecule has 0 saturated carbocycles. The van der Waals surface area contributed by atoms with E-state index < -0.39 is 40.3 Å². The van der Waals surface area contributed by atoms with Crippen LogP contribution in [0.5, 0.6) is 0 Å². The molecule has 32 heavy (non-hydrogen) atoms. The van der Waals surface area contributed by atoms with Gasteiger partial charge >= 0.3 is 0 Å². The van der Waals surface area contributed by atoms with Crippen molar-refractivity contribution in [2.75, 3.05) is 13.1 Å². The van der Waals surface area contributed by atoms with Crippen LogP contribution in [0.15, 0.2) is 47.4 Å². The van der Waals surface area contributed by atoms with Crippen LogP contribution in [0.4, 0.5) is 0 Å². The first-order chi connectivity index (χ1) is 15.1. The van der Waals surface area contributed by atoms with Crippen LogP contribution in [0.2, 0.25) is 10.0 Å². The molecule has 170 valence electrons. The van der Waals surface area contributed by atoms with E-state index in [-0.39, 0.29) is 22.0 Å². The van der Waals surface area contributed by atoms with Crippen LogP contribution in [0.1, 0.15) is 29.8 Å². The van der Waals surface area contributed by atoms with Crippen molar-refractivity contribution in [2.45, 2.75) is 31.3 Å². The Labute approximate surface area is 196 Å². The molecule has 0 radical (unpaired) electrons. The lowest BCUT2D eigenvalue weighted by Crippen LogP contribution is -2.51. The smallest absolute Gasteiger partial charge is 0.269 e. The maximum Gasteiger partial charge on any atom is 0.269 e. The van der Waals surface area contributed by atoms with Crippen molar-refractivity contribution >= 4 is 50.9 Å². The highest BCUT2D eigenvalue weighted by Gasteiger charge is 2.43. The van der Waals surface area contributed by atoms with E-state index in [9.17, 15) is 22.8 Å². The number of sulfonamides is 1. The van der Waals surface area contributed by atoms with E-state index in [1.807, 2.05) is 0 Å². The van der Waals surface area contributed by atoms with Gasteiger partial charge in [-0.05, 0) is 43.7 Å². The molecule has 0 saturated heterocycles. The van der Waals surface area contributed by atoms with E-state index in [4.69, 9.17) is 23.2 Å². The van der Waals surface area contributed by atoms with Gasteiger partial charge in [0.2, 0.25) is 11.8 Å². The predicted molar refractivity (Wildman–Crippen MR) is 120 cm³/mol. The van der Waals surface area contributed by atoms with Gasteiger partial charge in [-0.2, -0.15) is 0 Å². The van der Waals surface area contributed by atoms with Crippen molar-refractivity contribution in [3.8, 4) is 0 Å². The molecule has 2 aromatic carbocycles. The first kappa shape index (κ1) is 24.0. The van der Waals surface area contributed by atoms with Crippen molar-refractivity contribution in [1.82, 2.24) is 14.5 Å². The zero-order valence-electron chi connectivity index (χ0n) is 17.3. The lowest BCUT2D eigenvalue weighted by Gasteiger charge is -2.30. The summed E-state index contributed by atoms with van der Waals surface area (Å²) in [6.45, 7) is 2.84. The monoisotopic (exact) mass is 497 g/mol. The van der Waals surface area contributed by atoms with E-state index in [1.165, 1.54) is 30.0 Å². The van der Waals surface area contributed by atoms with Gasteiger partial charge in [-0.25, -0.2) is 12.7 Å². The van der Waals surface area contributed by atoms with E-state index in [2.05, 4.69) is 5.32 Å². The molecule has 1 aliphatic heterocycles. The van der Waals surface area contributed by atoms with Crippen LogP contribution in [-0.4, -0.2) is 54.5 Å². The van der Waals surface area contributed by atoms with E-state index in [0.717, 1.165) is 0 Å². The van der Waals surface area contributed by atoms with Crippen LogP contribution in [0.25, 0.3) is 0 Å². The van der Waals surface area contributed by atoms with Gasteiger partial charge in [0.05, 0.1) is 15.6 Å². The average Bonchev–Trinajstić information content (AvgIpc) is 2.95. The number of amides is 3. The lowest BCUT2D eigenvalue weighted by atomic mass is 10.1. The molecule has 0 fully saturated rings. The summed E-state index contributed by atoms with van der Waals surface area (Å²) in [4.78, 5) is 39.4.